The summed E-state index contributed by atoms with van der Waals surface area (Å²) in [7, 11) is 0. The molecule has 1 amide bonds. The summed E-state index contributed by atoms with van der Waals surface area (Å²) in [5, 5.41) is 3.24. The summed E-state index contributed by atoms with van der Waals surface area (Å²) in [4.78, 5) is 14.8. The van der Waals surface area contributed by atoms with E-state index < -0.39 is 0 Å². The second kappa shape index (κ2) is 5.74. The number of hydrogen-bond donors (Lipinski definition) is 1. The Hall–Kier alpha value is -1.35. The molecule has 1 heterocycles. The third kappa shape index (κ3) is 2.81. The van der Waals surface area contributed by atoms with Crippen molar-refractivity contribution >= 4 is 5.91 Å². The molecule has 1 saturated carbocycles. The van der Waals surface area contributed by atoms with Crippen molar-refractivity contribution in [2.75, 3.05) is 13.1 Å². The van der Waals surface area contributed by atoms with E-state index in [0.717, 1.165) is 12.0 Å². The van der Waals surface area contributed by atoms with Gasteiger partial charge in [-0.15, -0.1) is 0 Å². The van der Waals surface area contributed by atoms with E-state index in [1.54, 1.807) is 0 Å². The molecule has 3 rings (SSSR count). The maximum absolute atomic E-state index is 12.2. The highest BCUT2D eigenvalue weighted by molar-refractivity contribution is 5.94. The monoisotopic (exact) mass is 258 g/mol. The summed E-state index contributed by atoms with van der Waals surface area (Å²) in [6, 6.07) is 10.5. The molecule has 1 aliphatic carbocycles. The molecular formula is C16H22N2O. The van der Waals surface area contributed by atoms with Gasteiger partial charge in [0, 0.05) is 17.6 Å². The van der Waals surface area contributed by atoms with E-state index in [0.29, 0.717) is 12.1 Å². The Morgan fingerprint density at radius 3 is 2.53 bits per heavy atom. The number of likely N-dealkylation sites (tertiary alicyclic amines) is 1. The number of rotatable bonds is 3. The quantitative estimate of drug-likeness (QED) is 0.903. The van der Waals surface area contributed by atoms with Crippen LogP contribution in [0.2, 0.25) is 0 Å². The van der Waals surface area contributed by atoms with Gasteiger partial charge in [-0.3, -0.25) is 9.69 Å². The van der Waals surface area contributed by atoms with Crippen LogP contribution in [0.15, 0.2) is 30.3 Å². The van der Waals surface area contributed by atoms with E-state index in [9.17, 15) is 4.79 Å². The molecule has 0 spiro atoms. The Bertz CT molecular complexity index is 426. The summed E-state index contributed by atoms with van der Waals surface area (Å²) in [6.07, 6.45) is 6.23. The summed E-state index contributed by atoms with van der Waals surface area (Å²) in [6.45, 7) is 2.42. The summed E-state index contributed by atoms with van der Waals surface area (Å²) < 4.78 is 0. The first-order valence-corrected chi connectivity index (χ1v) is 7.44. The van der Waals surface area contributed by atoms with E-state index >= 15 is 0 Å². The second-order valence-corrected chi connectivity index (χ2v) is 5.69. The SMILES string of the molecule is O=C(N[C@@H]1CCC[C@@H]1N1CCCC1)c1ccccc1. The van der Waals surface area contributed by atoms with Crippen LogP contribution in [0.25, 0.3) is 0 Å². The van der Waals surface area contributed by atoms with Gasteiger partial charge in [-0.05, 0) is 57.3 Å². The fourth-order valence-corrected chi connectivity index (χ4v) is 3.46. The lowest BCUT2D eigenvalue weighted by atomic mass is 10.1. The lowest BCUT2D eigenvalue weighted by Gasteiger charge is -2.29. The molecule has 1 aromatic rings. The van der Waals surface area contributed by atoms with Gasteiger partial charge in [-0.25, -0.2) is 0 Å². The summed E-state index contributed by atoms with van der Waals surface area (Å²) in [5.41, 5.74) is 0.773. The molecule has 3 nitrogen and oxygen atoms in total. The standard InChI is InChI=1S/C16H22N2O/c19-16(13-7-2-1-3-8-13)17-14-9-6-10-15(14)18-11-4-5-12-18/h1-3,7-8,14-15H,4-6,9-12H2,(H,17,19)/t14-,15+/m1/s1. The Balaban J connectivity index is 1.63. The van der Waals surface area contributed by atoms with Crippen molar-refractivity contribution in [2.24, 2.45) is 0 Å². The third-order valence-electron chi connectivity index (χ3n) is 4.44. The molecule has 0 radical (unpaired) electrons. The average Bonchev–Trinajstić information content (AvgIpc) is 3.10. The highest BCUT2D eigenvalue weighted by atomic mass is 16.1. The first kappa shape index (κ1) is 12.7. The number of benzene rings is 1. The van der Waals surface area contributed by atoms with Gasteiger partial charge in [0.2, 0.25) is 0 Å². The number of nitrogens with one attached hydrogen (secondary N) is 1. The average molecular weight is 258 g/mol. The maximum atomic E-state index is 12.2. The molecule has 1 N–H and O–H groups in total. The number of amides is 1. The van der Waals surface area contributed by atoms with Gasteiger partial charge in [0.1, 0.15) is 0 Å². The second-order valence-electron chi connectivity index (χ2n) is 5.69. The van der Waals surface area contributed by atoms with Crippen molar-refractivity contribution < 1.29 is 4.79 Å². The molecule has 1 aromatic carbocycles. The molecule has 3 heteroatoms. The Labute approximate surface area is 115 Å². The van der Waals surface area contributed by atoms with Gasteiger partial charge < -0.3 is 5.32 Å². The fourth-order valence-electron chi connectivity index (χ4n) is 3.46. The summed E-state index contributed by atoms with van der Waals surface area (Å²) in [5.74, 6) is 0.0803. The molecule has 0 aromatic heterocycles. The Morgan fingerprint density at radius 2 is 1.79 bits per heavy atom. The molecule has 2 fully saturated rings. The number of nitrogens with zero attached hydrogens (tertiary/aromatic N) is 1. The molecule has 2 atom stereocenters. The van der Waals surface area contributed by atoms with Gasteiger partial charge in [0.15, 0.2) is 0 Å². The van der Waals surface area contributed by atoms with Crippen LogP contribution in [0.1, 0.15) is 42.5 Å². The highest BCUT2D eigenvalue weighted by Crippen LogP contribution is 2.27. The smallest absolute Gasteiger partial charge is 0.251 e. The van der Waals surface area contributed by atoms with Crippen LogP contribution in [0.4, 0.5) is 0 Å². The van der Waals surface area contributed by atoms with Crippen molar-refractivity contribution in [3.8, 4) is 0 Å². The maximum Gasteiger partial charge on any atom is 0.251 e. The largest absolute Gasteiger partial charge is 0.348 e. The minimum atomic E-state index is 0.0803. The van der Waals surface area contributed by atoms with E-state index in [-0.39, 0.29) is 5.91 Å². The van der Waals surface area contributed by atoms with Crippen molar-refractivity contribution in [3.63, 3.8) is 0 Å². The van der Waals surface area contributed by atoms with Crippen molar-refractivity contribution in [2.45, 2.75) is 44.2 Å². The van der Waals surface area contributed by atoms with Gasteiger partial charge >= 0.3 is 0 Å². The lowest BCUT2D eigenvalue weighted by molar-refractivity contribution is 0.0912. The lowest BCUT2D eigenvalue weighted by Crippen LogP contribution is -2.47. The normalized spacial score (nSPS) is 27.6. The zero-order valence-corrected chi connectivity index (χ0v) is 11.3. The molecule has 0 unspecified atom stereocenters. The molecular weight excluding hydrogens is 236 g/mol. The molecule has 2 aliphatic rings. The molecule has 102 valence electrons. The van der Waals surface area contributed by atoms with E-state index in [1.807, 2.05) is 30.3 Å². The first-order valence-electron chi connectivity index (χ1n) is 7.44. The molecule has 1 aliphatic heterocycles. The van der Waals surface area contributed by atoms with Gasteiger partial charge in [0.25, 0.3) is 5.91 Å². The number of hydrogen-bond acceptors (Lipinski definition) is 2. The minimum Gasteiger partial charge on any atom is -0.348 e. The zero-order valence-electron chi connectivity index (χ0n) is 11.3. The van der Waals surface area contributed by atoms with Crippen LogP contribution in [0.5, 0.6) is 0 Å². The molecule has 0 bridgehead atoms. The first-order chi connectivity index (χ1) is 9.34. The summed E-state index contributed by atoms with van der Waals surface area (Å²) >= 11 is 0. The predicted octanol–water partition coefficient (Wildman–Crippen LogP) is 2.43. The van der Waals surface area contributed by atoms with Crippen molar-refractivity contribution in [3.05, 3.63) is 35.9 Å². The van der Waals surface area contributed by atoms with E-state index in [1.165, 1.54) is 38.8 Å². The molecule has 19 heavy (non-hydrogen) atoms. The predicted molar refractivity (Wildman–Crippen MR) is 76.1 cm³/mol. The van der Waals surface area contributed by atoms with Crippen LogP contribution in [-0.2, 0) is 0 Å². The van der Waals surface area contributed by atoms with E-state index in [2.05, 4.69) is 10.2 Å². The minimum absolute atomic E-state index is 0.0803. The fraction of sp³-hybridized carbons (Fsp3) is 0.562. The Morgan fingerprint density at radius 1 is 1.05 bits per heavy atom. The van der Waals surface area contributed by atoms with Gasteiger partial charge in [-0.1, -0.05) is 18.2 Å². The van der Waals surface area contributed by atoms with Crippen LogP contribution >= 0.6 is 0 Å². The zero-order chi connectivity index (χ0) is 13.1. The topological polar surface area (TPSA) is 32.3 Å². The number of carbonyl (C=O) groups excluding carboxylic acids is 1. The van der Waals surface area contributed by atoms with Gasteiger partial charge in [-0.2, -0.15) is 0 Å². The van der Waals surface area contributed by atoms with Crippen LogP contribution in [0.3, 0.4) is 0 Å². The highest BCUT2D eigenvalue weighted by Gasteiger charge is 2.34. The third-order valence-corrected chi connectivity index (χ3v) is 4.44. The Kier molecular flexibility index (Phi) is 3.83. The van der Waals surface area contributed by atoms with Gasteiger partial charge in [0.05, 0.1) is 0 Å². The van der Waals surface area contributed by atoms with E-state index in [4.69, 9.17) is 0 Å². The van der Waals surface area contributed by atoms with Crippen LogP contribution in [0, 0.1) is 0 Å². The van der Waals surface area contributed by atoms with Crippen LogP contribution < -0.4 is 5.32 Å². The van der Waals surface area contributed by atoms with Crippen LogP contribution in [-0.4, -0.2) is 36.0 Å². The molecule has 1 saturated heterocycles. The number of carbonyl (C=O) groups is 1. The van der Waals surface area contributed by atoms with Crippen molar-refractivity contribution in [1.82, 2.24) is 10.2 Å². The van der Waals surface area contributed by atoms with Crippen molar-refractivity contribution in [1.29, 1.82) is 0 Å².